The summed E-state index contributed by atoms with van der Waals surface area (Å²) in [5, 5.41) is 22.2. The van der Waals surface area contributed by atoms with E-state index in [0.29, 0.717) is 4.47 Å². The van der Waals surface area contributed by atoms with Crippen LogP contribution in [0.3, 0.4) is 0 Å². The SMILES string of the molecule is O=C(NC(C(=O)O)C1CC1)c1cc([N+](=O)[O-])ccc1Br. The van der Waals surface area contributed by atoms with Crippen LogP contribution in [-0.2, 0) is 4.79 Å². The molecule has 0 radical (unpaired) electrons. The van der Waals surface area contributed by atoms with E-state index in [0.717, 1.165) is 18.9 Å². The summed E-state index contributed by atoms with van der Waals surface area (Å²) in [6.45, 7) is 0. The van der Waals surface area contributed by atoms with Crippen molar-refractivity contribution in [3.63, 3.8) is 0 Å². The number of halogens is 1. The first-order valence-electron chi connectivity index (χ1n) is 5.87. The lowest BCUT2D eigenvalue weighted by Crippen LogP contribution is -2.42. The molecule has 2 N–H and O–H groups in total. The number of hydrogen-bond acceptors (Lipinski definition) is 4. The van der Waals surface area contributed by atoms with Crippen LogP contribution in [0.2, 0.25) is 0 Å². The third-order valence-electron chi connectivity index (χ3n) is 3.05. The predicted octanol–water partition coefficient (Wildman–Crippen LogP) is 1.95. The Hall–Kier alpha value is -1.96. The highest BCUT2D eigenvalue weighted by atomic mass is 79.9. The minimum atomic E-state index is -1.09. The zero-order valence-electron chi connectivity index (χ0n) is 10.2. The van der Waals surface area contributed by atoms with Gasteiger partial charge in [0, 0.05) is 16.6 Å². The van der Waals surface area contributed by atoms with Crippen LogP contribution in [0.4, 0.5) is 5.69 Å². The lowest BCUT2D eigenvalue weighted by atomic mass is 10.1. The van der Waals surface area contributed by atoms with Crippen molar-refractivity contribution in [1.82, 2.24) is 5.32 Å². The van der Waals surface area contributed by atoms with Gasteiger partial charge < -0.3 is 10.4 Å². The Bertz CT molecular complexity index is 585. The van der Waals surface area contributed by atoms with Crippen molar-refractivity contribution in [2.45, 2.75) is 18.9 Å². The van der Waals surface area contributed by atoms with Gasteiger partial charge >= 0.3 is 5.97 Å². The molecule has 0 aromatic heterocycles. The highest BCUT2D eigenvalue weighted by molar-refractivity contribution is 9.10. The number of rotatable bonds is 5. The van der Waals surface area contributed by atoms with Gasteiger partial charge in [-0.1, -0.05) is 0 Å². The molecule has 8 heteroatoms. The molecule has 1 aromatic carbocycles. The van der Waals surface area contributed by atoms with E-state index in [1.54, 1.807) is 0 Å². The smallest absolute Gasteiger partial charge is 0.326 e. The van der Waals surface area contributed by atoms with Crippen molar-refractivity contribution in [2.75, 3.05) is 0 Å². The van der Waals surface area contributed by atoms with Crippen LogP contribution >= 0.6 is 15.9 Å². The summed E-state index contributed by atoms with van der Waals surface area (Å²) in [7, 11) is 0. The van der Waals surface area contributed by atoms with Gasteiger partial charge in [0.15, 0.2) is 0 Å². The van der Waals surface area contributed by atoms with Gasteiger partial charge in [0.2, 0.25) is 0 Å². The Morgan fingerprint density at radius 1 is 1.45 bits per heavy atom. The van der Waals surface area contributed by atoms with E-state index in [1.165, 1.54) is 12.1 Å². The molecule has 1 amide bonds. The number of nitrogens with zero attached hydrogens (tertiary/aromatic N) is 1. The van der Waals surface area contributed by atoms with Crippen molar-refractivity contribution < 1.29 is 19.6 Å². The number of amides is 1. The van der Waals surface area contributed by atoms with Crippen molar-refractivity contribution in [2.24, 2.45) is 5.92 Å². The summed E-state index contributed by atoms with van der Waals surface area (Å²) in [6.07, 6.45) is 1.51. The molecule has 0 bridgehead atoms. The number of non-ortho nitro benzene ring substituents is 1. The lowest BCUT2D eigenvalue weighted by molar-refractivity contribution is -0.384. The Morgan fingerprint density at radius 3 is 2.60 bits per heavy atom. The monoisotopic (exact) mass is 342 g/mol. The zero-order chi connectivity index (χ0) is 14.9. The number of benzene rings is 1. The second kappa shape index (κ2) is 5.58. The fourth-order valence-electron chi connectivity index (χ4n) is 1.83. The Kier molecular flexibility index (Phi) is 4.03. The van der Waals surface area contributed by atoms with Gasteiger partial charge in [-0.15, -0.1) is 0 Å². The Balaban J connectivity index is 2.21. The molecule has 1 unspecified atom stereocenters. The van der Waals surface area contributed by atoms with E-state index < -0.39 is 22.8 Å². The Morgan fingerprint density at radius 2 is 2.10 bits per heavy atom. The highest BCUT2D eigenvalue weighted by Gasteiger charge is 2.37. The molecule has 0 saturated heterocycles. The largest absolute Gasteiger partial charge is 0.480 e. The molecular weight excluding hydrogens is 332 g/mol. The summed E-state index contributed by atoms with van der Waals surface area (Å²) in [4.78, 5) is 33.2. The van der Waals surface area contributed by atoms with Crippen molar-refractivity contribution in [1.29, 1.82) is 0 Å². The molecule has 2 rings (SSSR count). The number of carbonyl (C=O) groups is 2. The first-order chi connectivity index (χ1) is 9.40. The summed E-state index contributed by atoms with van der Waals surface area (Å²) in [6, 6.07) is 2.82. The maximum atomic E-state index is 12.1. The Labute approximate surface area is 122 Å². The molecule has 1 fully saturated rings. The quantitative estimate of drug-likeness (QED) is 0.627. The van der Waals surface area contributed by atoms with Crippen molar-refractivity contribution >= 4 is 33.5 Å². The molecule has 1 aliphatic rings. The lowest BCUT2D eigenvalue weighted by Gasteiger charge is -2.14. The van der Waals surface area contributed by atoms with E-state index in [-0.39, 0.29) is 17.2 Å². The number of aliphatic carboxylic acids is 1. The van der Waals surface area contributed by atoms with Crippen molar-refractivity contribution in [3.05, 3.63) is 38.3 Å². The fraction of sp³-hybridized carbons (Fsp3) is 0.333. The van der Waals surface area contributed by atoms with Gasteiger partial charge in [0.05, 0.1) is 10.5 Å². The second-order valence-corrected chi connectivity index (χ2v) is 5.40. The van der Waals surface area contributed by atoms with Crippen LogP contribution < -0.4 is 5.32 Å². The molecule has 106 valence electrons. The fourth-order valence-corrected chi connectivity index (χ4v) is 2.26. The number of carboxylic acids is 1. The number of carbonyl (C=O) groups excluding carboxylic acids is 1. The summed E-state index contributed by atoms with van der Waals surface area (Å²) >= 11 is 3.13. The van der Waals surface area contributed by atoms with Crippen molar-refractivity contribution in [3.8, 4) is 0 Å². The van der Waals surface area contributed by atoms with Gasteiger partial charge in [-0.25, -0.2) is 4.79 Å². The van der Waals surface area contributed by atoms with Crippen LogP contribution in [0.1, 0.15) is 23.2 Å². The molecule has 0 heterocycles. The van der Waals surface area contributed by atoms with Crippen LogP contribution in [0.25, 0.3) is 0 Å². The first kappa shape index (κ1) is 14.4. The van der Waals surface area contributed by atoms with Crippen LogP contribution in [0.5, 0.6) is 0 Å². The van der Waals surface area contributed by atoms with E-state index in [9.17, 15) is 19.7 Å². The molecule has 1 saturated carbocycles. The van der Waals surface area contributed by atoms with Crippen LogP contribution in [0.15, 0.2) is 22.7 Å². The van der Waals surface area contributed by atoms with Gasteiger partial charge in [-0.3, -0.25) is 14.9 Å². The molecule has 1 aromatic rings. The van der Waals surface area contributed by atoms with Crippen LogP contribution in [-0.4, -0.2) is 27.9 Å². The summed E-state index contributed by atoms with van der Waals surface area (Å²) in [5.74, 6) is -1.80. The van der Waals surface area contributed by atoms with Gasteiger partial charge in [-0.05, 0) is 40.8 Å². The third kappa shape index (κ3) is 3.13. The topological polar surface area (TPSA) is 110 Å². The van der Waals surface area contributed by atoms with E-state index in [2.05, 4.69) is 21.2 Å². The zero-order valence-corrected chi connectivity index (χ0v) is 11.8. The normalized spacial score (nSPS) is 15.4. The van der Waals surface area contributed by atoms with E-state index in [4.69, 9.17) is 5.11 Å². The number of nitro benzene ring substituents is 1. The standard InChI is InChI=1S/C12H11BrN2O5/c13-9-4-3-7(15(19)20)5-8(9)11(16)14-10(12(17)18)6-1-2-6/h3-6,10H,1-2H2,(H,14,16)(H,17,18). The molecule has 7 nitrogen and oxygen atoms in total. The molecule has 20 heavy (non-hydrogen) atoms. The van der Waals surface area contributed by atoms with Gasteiger partial charge in [-0.2, -0.15) is 0 Å². The van der Waals surface area contributed by atoms with E-state index in [1.807, 2.05) is 0 Å². The second-order valence-electron chi connectivity index (χ2n) is 4.55. The number of hydrogen-bond donors (Lipinski definition) is 2. The molecule has 1 atom stereocenters. The highest BCUT2D eigenvalue weighted by Crippen LogP contribution is 2.33. The third-order valence-corrected chi connectivity index (χ3v) is 3.74. The van der Waals surface area contributed by atoms with E-state index >= 15 is 0 Å². The summed E-state index contributed by atoms with van der Waals surface area (Å²) < 4.78 is 0.375. The number of nitrogens with one attached hydrogen (secondary N) is 1. The first-order valence-corrected chi connectivity index (χ1v) is 6.67. The maximum Gasteiger partial charge on any atom is 0.326 e. The minimum absolute atomic E-state index is 0.0473. The molecule has 0 aliphatic heterocycles. The maximum absolute atomic E-state index is 12.1. The summed E-state index contributed by atoms with van der Waals surface area (Å²) in [5.41, 5.74) is -0.178. The molecule has 1 aliphatic carbocycles. The van der Waals surface area contributed by atoms with Gasteiger partial charge in [0.1, 0.15) is 6.04 Å². The minimum Gasteiger partial charge on any atom is -0.480 e. The molecule has 0 spiro atoms. The van der Waals surface area contributed by atoms with Gasteiger partial charge in [0.25, 0.3) is 11.6 Å². The average molecular weight is 343 g/mol. The predicted molar refractivity (Wildman–Crippen MR) is 72.4 cm³/mol. The number of nitro groups is 1. The van der Waals surface area contributed by atoms with Crippen LogP contribution in [0, 0.1) is 16.0 Å². The molecular formula is C12H11BrN2O5. The average Bonchev–Trinajstić information content (AvgIpc) is 3.19. The number of carboxylic acid groups (broad SMARTS) is 1.